The van der Waals surface area contributed by atoms with Crippen LogP contribution in [0.4, 0.5) is 10.1 Å². The molecular formula is C27H25BrFNO3. The number of halogens is 2. The number of amides is 1. The van der Waals surface area contributed by atoms with E-state index in [1.807, 2.05) is 47.4 Å². The molecule has 33 heavy (non-hydrogen) atoms. The van der Waals surface area contributed by atoms with Gasteiger partial charge < -0.3 is 14.4 Å². The summed E-state index contributed by atoms with van der Waals surface area (Å²) in [5.74, 6) is 0.979. The summed E-state index contributed by atoms with van der Waals surface area (Å²) in [5, 5.41) is 0. The molecule has 0 unspecified atom stereocenters. The second kappa shape index (κ2) is 9.79. The Labute approximate surface area is 201 Å². The first kappa shape index (κ1) is 23.1. The Morgan fingerprint density at radius 3 is 2.55 bits per heavy atom. The van der Waals surface area contributed by atoms with E-state index in [4.69, 9.17) is 9.47 Å². The molecule has 1 aliphatic rings. The summed E-state index contributed by atoms with van der Waals surface area (Å²) < 4.78 is 26.1. The van der Waals surface area contributed by atoms with Crippen LogP contribution in [0, 0.1) is 11.7 Å². The van der Waals surface area contributed by atoms with Gasteiger partial charge in [-0.15, -0.1) is 0 Å². The van der Waals surface area contributed by atoms with Gasteiger partial charge in [0.2, 0.25) is 0 Å². The van der Waals surface area contributed by atoms with Gasteiger partial charge in [0, 0.05) is 23.2 Å². The lowest BCUT2D eigenvalue weighted by molar-refractivity contribution is -0.113. The molecular weight excluding hydrogens is 485 g/mol. The number of nitrogens with zero attached hydrogens (tertiary/aromatic N) is 1. The molecule has 0 aliphatic carbocycles. The Kier molecular flexibility index (Phi) is 6.84. The van der Waals surface area contributed by atoms with Gasteiger partial charge in [-0.05, 0) is 57.8 Å². The van der Waals surface area contributed by atoms with E-state index in [2.05, 4.69) is 29.8 Å². The molecule has 0 bridgehead atoms. The van der Waals surface area contributed by atoms with Gasteiger partial charge in [-0.2, -0.15) is 0 Å². The zero-order valence-corrected chi connectivity index (χ0v) is 20.4. The quantitative estimate of drug-likeness (QED) is 0.332. The standard InChI is InChI=1S/C27H25BrFNO3/c1-17(2)15-30-24-11-7-5-9-20(24)21(27(30)31)12-18-13-22(28)26(25(14-18)32-3)33-16-19-8-4-6-10-23(19)29/h4-14,17H,15-16H2,1-3H3/b21-12-. The van der Waals surface area contributed by atoms with E-state index in [-0.39, 0.29) is 18.3 Å². The number of hydrogen-bond donors (Lipinski definition) is 0. The molecule has 4 nitrogen and oxygen atoms in total. The van der Waals surface area contributed by atoms with Crippen molar-refractivity contribution in [3.63, 3.8) is 0 Å². The van der Waals surface area contributed by atoms with Crippen LogP contribution < -0.4 is 14.4 Å². The molecule has 0 saturated carbocycles. The third kappa shape index (κ3) is 4.81. The van der Waals surface area contributed by atoms with E-state index in [1.54, 1.807) is 25.3 Å². The molecule has 0 radical (unpaired) electrons. The van der Waals surface area contributed by atoms with Crippen molar-refractivity contribution in [1.82, 2.24) is 0 Å². The highest BCUT2D eigenvalue weighted by Gasteiger charge is 2.32. The summed E-state index contributed by atoms with van der Waals surface area (Å²) >= 11 is 3.55. The molecule has 6 heteroatoms. The van der Waals surface area contributed by atoms with Crippen molar-refractivity contribution in [2.45, 2.75) is 20.5 Å². The normalized spacial score (nSPS) is 14.2. The Morgan fingerprint density at radius 1 is 1.09 bits per heavy atom. The fraction of sp³-hybridized carbons (Fsp3) is 0.222. The SMILES string of the molecule is COc1cc(/C=C2\C(=O)N(CC(C)C)c3ccccc32)cc(Br)c1OCc1ccccc1F. The van der Waals surface area contributed by atoms with Crippen LogP contribution in [0.25, 0.3) is 11.6 Å². The highest BCUT2D eigenvalue weighted by atomic mass is 79.9. The molecule has 0 saturated heterocycles. The first-order chi connectivity index (χ1) is 15.9. The number of para-hydroxylation sites is 1. The smallest absolute Gasteiger partial charge is 0.259 e. The molecule has 1 amide bonds. The Bertz CT molecular complexity index is 1220. The lowest BCUT2D eigenvalue weighted by Crippen LogP contribution is -2.30. The van der Waals surface area contributed by atoms with E-state index in [0.717, 1.165) is 16.8 Å². The van der Waals surface area contributed by atoms with E-state index in [0.29, 0.717) is 39.6 Å². The van der Waals surface area contributed by atoms with Crippen molar-refractivity contribution in [2.75, 3.05) is 18.6 Å². The molecule has 4 rings (SSSR count). The number of carbonyl (C=O) groups is 1. The summed E-state index contributed by atoms with van der Waals surface area (Å²) in [7, 11) is 1.55. The fourth-order valence-electron chi connectivity index (χ4n) is 3.89. The van der Waals surface area contributed by atoms with Gasteiger partial charge in [-0.3, -0.25) is 4.79 Å². The maximum atomic E-state index is 14.0. The number of fused-ring (bicyclic) bond motifs is 1. The average molecular weight is 510 g/mol. The van der Waals surface area contributed by atoms with Crippen LogP contribution in [0.15, 0.2) is 65.1 Å². The Hall–Kier alpha value is -3.12. The van der Waals surface area contributed by atoms with Crippen molar-refractivity contribution in [3.05, 3.63) is 87.6 Å². The number of rotatable bonds is 7. The fourth-order valence-corrected chi connectivity index (χ4v) is 4.46. The first-order valence-electron chi connectivity index (χ1n) is 10.8. The predicted octanol–water partition coefficient (Wildman–Crippen LogP) is 6.72. The van der Waals surface area contributed by atoms with Gasteiger partial charge in [0.25, 0.3) is 5.91 Å². The zero-order chi connectivity index (χ0) is 23.5. The number of benzene rings is 3. The van der Waals surface area contributed by atoms with Gasteiger partial charge in [-0.25, -0.2) is 4.39 Å². The number of anilines is 1. The third-order valence-corrected chi connectivity index (χ3v) is 5.99. The summed E-state index contributed by atoms with van der Waals surface area (Å²) in [6.45, 7) is 4.92. The molecule has 170 valence electrons. The largest absolute Gasteiger partial charge is 0.493 e. The van der Waals surface area contributed by atoms with Gasteiger partial charge >= 0.3 is 0 Å². The molecule has 3 aromatic rings. The second-order valence-corrected chi connectivity index (χ2v) is 9.15. The minimum atomic E-state index is -0.321. The summed E-state index contributed by atoms with van der Waals surface area (Å²) in [5.41, 5.74) is 3.73. The highest BCUT2D eigenvalue weighted by Crippen LogP contribution is 2.41. The third-order valence-electron chi connectivity index (χ3n) is 5.40. The minimum Gasteiger partial charge on any atom is -0.493 e. The second-order valence-electron chi connectivity index (χ2n) is 8.30. The van der Waals surface area contributed by atoms with Crippen molar-refractivity contribution >= 4 is 39.2 Å². The van der Waals surface area contributed by atoms with E-state index in [9.17, 15) is 9.18 Å². The van der Waals surface area contributed by atoms with Crippen LogP contribution in [0.1, 0.15) is 30.5 Å². The summed E-state index contributed by atoms with van der Waals surface area (Å²) in [6, 6.07) is 18.0. The molecule has 1 aliphatic heterocycles. The lowest BCUT2D eigenvalue weighted by atomic mass is 10.0. The van der Waals surface area contributed by atoms with Crippen LogP contribution in [0.5, 0.6) is 11.5 Å². The molecule has 0 aromatic heterocycles. The van der Waals surface area contributed by atoms with Crippen molar-refractivity contribution in [3.8, 4) is 11.5 Å². The van der Waals surface area contributed by atoms with E-state index < -0.39 is 0 Å². The highest BCUT2D eigenvalue weighted by molar-refractivity contribution is 9.10. The number of carbonyl (C=O) groups excluding carboxylic acids is 1. The van der Waals surface area contributed by atoms with Crippen LogP contribution in [0.2, 0.25) is 0 Å². The molecule has 0 fully saturated rings. The van der Waals surface area contributed by atoms with Crippen LogP contribution >= 0.6 is 15.9 Å². The zero-order valence-electron chi connectivity index (χ0n) is 18.8. The molecule has 3 aromatic carbocycles. The first-order valence-corrected chi connectivity index (χ1v) is 11.5. The van der Waals surface area contributed by atoms with Gasteiger partial charge in [0.1, 0.15) is 12.4 Å². The molecule has 0 atom stereocenters. The lowest BCUT2D eigenvalue weighted by Gasteiger charge is -2.19. The maximum Gasteiger partial charge on any atom is 0.259 e. The molecule has 0 N–H and O–H groups in total. The Balaban J connectivity index is 1.67. The summed E-state index contributed by atoms with van der Waals surface area (Å²) in [6.07, 6.45) is 1.87. The van der Waals surface area contributed by atoms with E-state index >= 15 is 0 Å². The van der Waals surface area contributed by atoms with Crippen LogP contribution in [-0.4, -0.2) is 19.6 Å². The number of hydrogen-bond acceptors (Lipinski definition) is 3. The van der Waals surface area contributed by atoms with Gasteiger partial charge in [0.15, 0.2) is 11.5 Å². The number of methoxy groups -OCH3 is 1. The average Bonchev–Trinajstić information content (AvgIpc) is 3.04. The Morgan fingerprint density at radius 2 is 1.82 bits per heavy atom. The summed E-state index contributed by atoms with van der Waals surface area (Å²) in [4.78, 5) is 15.1. The minimum absolute atomic E-state index is 0.0140. The van der Waals surface area contributed by atoms with Crippen LogP contribution in [0.3, 0.4) is 0 Å². The topological polar surface area (TPSA) is 38.8 Å². The van der Waals surface area contributed by atoms with Crippen molar-refractivity contribution in [2.24, 2.45) is 5.92 Å². The van der Waals surface area contributed by atoms with E-state index in [1.165, 1.54) is 6.07 Å². The van der Waals surface area contributed by atoms with Crippen molar-refractivity contribution in [1.29, 1.82) is 0 Å². The van der Waals surface area contributed by atoms with Gasteiger partial charge in [0.05, 0.1) is 17.3 Å². The van der Waals surface area contributed by atoms with Crippen LogP contribution in [-0.2, 0) is 11.4 Å². The van der Waals surface area contributed by atoms with Gasteiger partial charge in [-0.1, -0.05) is 50.2 Å². The monoisotopic (exact) mass is 509 g/mol. The molecule has 0 spiro atoms. The van der Waals surface area contributed by atoms with Crippen molar-refractivity contribution < 1.29 is 18.7 Å². The predicted molar refractivity (Wildman–Crippen MR) is 133 cm³/mol. The molecule has 1 heterocycles. The maximum absolute atomic E-state index is 14.0. The number of ether oxygens (including phenoxy) is 2.